The van der Waals surface area contributed by atoms with Crippen molar-refractivity contribution in [2.75, 3.05) is 5.73 Å². The number of nitrogens with zero attached hydrogens (tertiary/aromatic N) is 3. The van der Waals surface area contributed by atoms with Crippen LogP contribution in [0.15, 0.2) is 17.1 Å². The Labute approximate surface area is 106 Å². The summed E-state index contributed by atoms with van der Waals surface area (Å²) < 4.78 is 8.60. The number of aliphatic hydroxyl groups is 2. The first-order chi connectivity index (χ1) is 9.08. The average molecular weight is 264 g/mol. The number of nitrogens with two attached hydrogens (primary N) is 1. The van der Waals surface area contributed by atoms with Gasteiger partial charge in [0.05, 0.1) is 11.9 Å². The number of rotatable bonds is 0. The second-order valence-corrected chi connectivity index (χ2v) is 4.90. The molecule has 8 heteroatoms. The highest BCUT2D eigenvalue weighted by atomic mass is 16.6. The summed E-state index contributed by atoms with van der Waals surface area (Å²) in [6, 6.07) is 1.76. The van der Waals surface area contributed by atoms with Gasteiger partial charge in [-0.25, -0.2) is 9.36 Å². The van der Waals surface area contributed by atoms with Gasteiger partial charge in [0.15, 0.2) is 6.23 Å². The van der Waals surface area contributed by atoms with Crippen molar-refractivity contribution in [2.45, 2.75) is 31.1 Å². The lowest BCUT2D eigenvalue weighted by Gasteiger charge is -2.20. The van der Waals surface area contributed by atoms with Gasteiger partial charge in [0.25, 0.3) is 0 Å². The van der Waals surface area contributed by atoms with Gasteiger partial charge < -0.3 is 25.3 Å². The molecule has 2 aromatic heterocycles. The van der Waals surface area contributed by atoms with Gasteiger partial charge in [-0.1, -0.05) is 0 Å². The minimum Gasteiger partial charge on any atom is -0.387 e. The summed E-state index contributed by atoms with van der Waals surface area (Å²) in [5.41, 5.74) is 5.71. The minimum atomic E-state index is -1.15. The van der Waals surface area contributed by atoms with Crippen molar-refractivity contribution in [3.05, 3.63) is 22.7 Å². The molecule has 4 unspecified atom stereocenters. The highest BCUT2D eigenvalue weighted by Gasteiger charge is 2.47. The maximum atomic E-state index is 12.0. The number of hydrogen-bond acceptors (Lipinski definition) is 6. The van der Waals surface area contributed by atoms with Crippen molar-refractivity contribution in [3.8, 4) is 0 Å². The van der Waals surface area contributed by atoms with E-state index >= 15 is 0 Å². The third kappa shape index (κ3) is 1.23. The first kappa shape index (κ1) is 11.0. The molecule has 1 fully saturated rings. The predicted molar refractivity (Wildman–Crippen MR) is 64.3 cm³/mol. The van der Waals surface area contributed by atoms with E-state index in [1.807, 2.05) is 0 Å². The fourth-order valence-corrected chi connectivity index (χ4v) is 2.90. The summed E-state index contributed by atoms with van der Waals surface area (Å²) in [5.74, 6) is 0.155. The predicted octanol–water partition coefficient (Wildman–Crippen LogP) is -1.59. The summed E-state index contributed by atoms with van der Waals surface area (Å²) in [6.07, 6.45) is -1.91. The topological polar surface area (TPSA) is 116 Å². The average Bonchev–Trinajstić information content (AvgIpc) is 2.82. The molecule has 4 heterocycles. The molecule has 19 heavy (non-hydrogen) atoms. The standard InChI is InChI=1S/C11H12N4O4/c12-8-4-1-2-14-3-5-6(16)7(17)10(19-5)15(9(4)14)11(18)13-8/h1-2,5-7,10,16-17H,3H2,(H2,12,13,18). The smallest absolute Gasteiger partial charge is 0.353 e. The largest absolute Gasteiger partial charge is 0.387 e. The normalized spacial score (nSPS) is 32.7. The number of aliphatic hydroxyl groups excluding tert-OH is 2. The molecule has 2 bridgehead atoms. The van der Waals surface area contributed by atoms with E-state index in [1.54, 1.807) is 16.8 Å². The SMILES string of the molecule is Nc1nc(=O)n2c3c1ccn3CC1OC2C(O)C1O. The summed E-state index contributed by atoms with van der Waals surface area (Å²) in [4.78, 5) is 15.8. The van der Waals surface area contributed by atoms with Crippen LogP contribution in [0.25, 0.3) is 11.0 Å². The van der Waals surface area contributed by atoms with E-state index < -0.39 is 30.2 Å². The summed E-state index contributed by atoms with van der Waals surface area (Å²) in [7, 11) is 0. The number of hydrogen-bond donors (Lipinski definition) is 3. The molecule has 0 spiro atoms. The maximum absolute atomic E-state index is 12.0. The van der Waals surface area contributed by atoms with Crippen LogP contribution in [0.5, 0.6) is 0 Å². The third-order valence-corrected chi connectivity index (χ3v) is 3.83. The Balaban J connectivity index is 2.11. The van der Waals surface area contributed by atoms with Crippen molar-refractivity contribution in [1.82, 2.24) is 14.1 Å². The van der Waals surface area contributed by atoms with Crippen molar-refractivity contribution >= 4 is 16.9 Å². The highest BCUT2D eigenvalue weighted by molar-refractivity contribution is 5.86. The van der Waals surface area contributed by atoms with E-state index in [9.17, 15) is 15.0 Å². The molecule has 4 atom stereocenters. The Morgan fingerprint density at radius 3 is 3.00 bits per heavy atom. The van der Waals surface area contributed by atoms with E-state index in [2.05, 4.69) is 4.98 Å². The van der Waals surface area contributed by atoms with Gasteiger partial charge in [0.2, 0.25) is 0 Å². The van der Waals surface area contributed by atoms with Gasteiger partial charge in [0, 0.05) is 6.20 Å². The Hall–Kier alpha value is -1.90. The van der Waals surface area contributed by atoms with E-state index in [1.165, 1.54) is 4.57 Å². The van der Waals surface area contributed by atoms with Gasteiger partial charge >= 0.3 is 5.69 Å². The van der Waals surface area contributed by atoms with Gasteiger partial charge in [-0.15, -0.1) is 0 Å². The van der Waals surface area contributed by atoms with E-state index in [4.69, 9.17) is 10.5 Å². The molecule has 0 aromatic carbocycles. The second-order valence-electron chi connectivity index (χ2n) is 4.90. The lowest BCUT2D eigenvalue weighted by molar-refractivity contribution is -0.0351. The third-order valence-electron chi connectivity index (χ3n) is 3.83. The number of anilines is 1. The monoisotopic (exact) mass is 264 g/mol. The van der Waals surface area contributed by atoms with Crippen LogP contribution >= 0.6 is 0 Å². The lowest BCUT2D eigenvalue weighted by atomic mass is 10.1. The van der Waals surface area contributed by atoms with Crippen LogP contribution in [0.4, 0.5) is 5.82 Å². The zero-order chi connectivity index (χ0) is 13.3. The van der Waals surface area contributed by atoms with Crippen molar-refractivity contribution in [1.29, 1.82) is 0 Å². The van der Waals surface area contributed by atoms with Crippen LogP contribution in [0.1, 0.15) is 6.23 Å². The van der Waals surface area contributed by atoms with Crippen LogP contribution in [-0.4, -0.2) is 42.6 Å². The molecule has 2 aliphatic heterocycles. The second kappa shape index (κ2) is 3.35. The molecular weight excluding hydrogens is 252 g/mol. The number of aromatic nitrogens is 3. The van der Waals surface area contributed by atoms with Gasteiger partial charge in [-0.05, 0) is 6.07 Å². The molecule has 2 aliphatic rings. The van der Waals surface area contributed by atoms with E-state index in [0.717, 1.165) is 0 Å². The first-order valence-electron chi connectivity index (χ1n) is 5.96. The Morgan fingerprint density at radius 2 is 2.21 bits per heavy atom. The molecular formula is C11H12N4O4. The van der Waals surface area contributed by atoms with Crippen LogP contribution in [0.2, 0.25) is 0 Å². The van der Waals surface area contributed by atoms with Crippen molar-refractivity contribution < 1.29 is 14.9 Å². The molecule has 0 amide bonds. The molecule has 2 aromatic rings. The zero-order valence-corrected chi connectivity index (χ0v) is 9.80. The Bertz CT molecular complexity index is 736. The minimum absolute atomic E-state index is 0.155. The van der Waals surface area contributed by atoms with Crippen LogP contribution in [0, 0.1) is 0 Å². The highest BCUT2D eigenvalue weighted by Crippen LogP contribution is 2.35. The molecule has 4 rings (SSSR count). The summed E-state index contributed by atoms with van der Waals surface area (Å²) in [6.45, 7) is 0.348. The van der Waals surface area contributed by atoms with E-state index in [-0.39, 0.29) is 5.82 Å². The number of fused-ring (bicyclic) bond motifs is 3. The van der Waals surface area contributed by atoms with Crippen molar-refractivity contribution in [3.63, 3.8) is 0 Å². The van der Waals surface area contributed by atoms with Gasteiger partial charge in [-0.3, -0.25) is 0 Å². The quantitative estimate of drug-likeness (QED) is 0.528. The fraction of sp³-hybridized carbons (Fsp3) is 0.455. The number of nitrogen functional groups attached to an aromatic ring is 1. The fourth-order valence-electron chi connectivity index (χ4n) is 2.90. The molecule has 0 aliphatic carbocycles. The lowest BCUT2D eigenvalue weighted by Crippen LogP contribution is -2.39. The van der Waals surface area contributed by atoms with Gasteiger partial charge in [0.1, 0.15) is 29.8 Å². The van der Waals surface area contributed by atoms with Crippen LogP contribution < -0.4 is 11.4 Å². The Morgan fingerprint density at radius 1 is 1.42 bits per heavy atom. The van der Waals surface area contributed by atoms with Crippen LogP contribution in [-0.2, 0) is 11.3 Å². The molecule has 8 nitrogen and oxygen atoms in total. The Kier molecular flexibility index (Phi) is 1.93. The molecule has 0 radical (unpaired) electrons. The van der Waals surface area contributed by atoms with E-state index in [0.29, 0.717) is 17.6 Å². The molecule has 0 saturated carbocycles. The summed E-state index contributed by atoms with van der Waals surface area (Å²) >= 11 is 0. The maximum Gasteiger partial charge on any atom is 0.353 e. The van der Waals surface area contributed by atoms with Crippen LogP contribution in [0.3, 0.4) is 0 Å². The van der Waals surface area contributed by atoms with Crippen molar-refractivity contribution in [2.24, 2.45) is 0 Å². The molecule has 1 saturated heterocycles. The van der Waals surface area contributed by atoms with Gasteiger partial charge in [-0.2, -0.15) is 4.98 Å². The zero-order valence-electron chi connectivity index (χ0n) is 9.80. The first-order valence-corrected chi connectivity index (χ1v) is 5.96. The molecule has 4 N–H and O–H groups in total. The number of ether oxygens (including phenoxy) is 1. The molecule has 100 valence electrons. The summed E-state index contributed by atoms with van der Waals surface area (Å²) in [5, 5.41) is 20.5.